The van der Waals surface area contributed by atoms with E-state index in [-0.39, 0.29) is 0 Å². The Morgan fingerprint density at radius 3 is 3.08 bits per heavy atom. The molecule has 0 bridgehead atoms. The van der Waals surface area contributed by atoms with E-state index in [0.29, 0.717) is 17.3 Å². The first-order valence-corrected chi connectivity index (χ1v) is 9.99. The van der Waals surface area contributed by atoms with E-state index in [1.807, 2.05) is 36.5 Å². The van der Waals surface area contributed by atoms with Crippen LogP contribution in [0, 0.1) is 6.92 Å². The lowest BCUT2D eigenvalue weighted by Crippen LogP contribution is -1.93. The molecule has 5 nitrogen and oxygen atoms in total. The number of thioether (sulfide) groups is 1. The second-order valence-electron chi connectivity index (χ2n) is 6.06. The molecule has 0 spiro atoms. The normalized spacial score (nSPS) is 13.6. The summed E-state index contributed by atoms with van der Waals surface area (Å²) in [6.07, 6.45) is 5.19. The van der Waals surface area contributed by atoms with Crippen LogP contribution in [0.1, 0.15) is 28.4 Å². The molecule has 0 unspecified atom stereocenters. The van der Waals surface area contributed by atoms with Gasteiger partial charge in [-0.2, -0.15) is 0 Å². The summed E-state index contributed by atoms with van der Waals surface area (Å²) in [4.78, 5) is 12.0. The van der Waals surface area contributed by atoms with Crippen molar-refractivity contribution in [2.24, 2.45) is 0 Å². The zero-order chi connectivity index (χ0) is 16.8. The van der Waals surface area contributed by atoms with Crippen LogP contribution >= 0.6 is 23.1 Å². The molecule has 126 valence electrons. The first-order valence-electron chi connectivity index (χ1n) is 8.19. The number of thiophene rings is 1. The van der Waals surface area contributed by atoms with Gasteiger partial charge in [-0.1, -0.05) is 16.9 Å². The van der Waals surface area contributed by atoms with Crippen LogP contribution in [0.3, 0.4) is 0 Å². The van der Waals surface area contributed by atoms with E-state index >= 15 is 0 Å². The first kappa shape index (κ1) is 15.2. The van der Waals surface area contributed by atoms with E-state index in [9.17, 15) is 0 Å². The zero-order valence-corrected chi connectivity index (χ0v) is 15.2. The van der Waals surface area contributed by atoms with Crippen LogP contribution < -0.4 is 0 Å². The van der Waals surface area contributed by atoms with Gasteiger partial charge in [-0.25, -0.2) is 9.97 Å². The van der Waals surface area contributed by atoms with E-state index in [4.69, 9.17) is 13.9 Å². The molecule has 7 heteroatoms. The third-order valence-electron chi connectivity index (χ3n) is 4.32. The van der Waals surface area contributed by atoms with Gasteiger partial charge in [0.2, 0.25) is 5.76 Å². The molecular formula is C18H15N3O2S2. The van der Waals surface area contributed by atoms with Crippen LogP contribution in [-0.4, -0.2) is 15.1 Å². The van der Waals surface area contributed by atoms with Gasteiger partial charge < -0.3 is 8.94 Å². The van der Waals surface area contributed by atoms with Gasteiger partial charge in [-0.3, -0.25) is 0 Å². The van der Waals surface area contributed by atoms with Gasteiger partial charge in [0, 0.05) is 22.1 Å². The number of aromatic nitrogens is 3. The highest BCUT2D eigenvalue weighted by molar-refractivity contribution is 7.98. The molecule has 4 aromatic heterocycles. The van der Waals surface area contributed by atoms with Gasteiger partial charge in [-0.15, -0.1) is 11.3 Å². The number of hydrogen-bond acceptors (Lipinski definition) is 7. The lowest BCUT2D eigenvalue weighted by atomic mass is 10.2. The number of aryl methyl sites for hydroxylation is 3. The zero-order valence-electron chi connectivity index (χ0n) is 13.6. The Kier molecular flexibility index (Phi) is 3.64. The molecule has 0 aromatic carbocycles. The third kappa shape index (κ3) is 2.67. The monoisotopic (exact) mass is 369 g/mol. The van der Waals surface area contributed by atoms with Crippen LogP contribution in [-0.2, 0) is 18.6 Å². The molecule has 25 heavy (non-hydrogen) atoms. The van der Waals surface area contributed by atoms with Gasteiger partial charge in [0.1, 0.15) is 15.7 Å². The Labute approximate surface area is 152 Å². The van der Waals surface area contributed by atoms with Crippen molar-refractivity contribution in [1.82, 2.24) is 15.1 Å². The number of fused-ring (bicyclic) bond motifs is 3. The summed E-state index contributed by atoms with van der Waals surface area (Å²) in [6, 6.07) is 5.63. The Morgan fingerprint density at radius 2 is 2.20 bits per heavy atom. The predicted octanol–water partition coefficient (Wildman–Crippen LogP) is 5.03. The summed E-state index contributed by atoms with van der Waals surface area (Å²) in [5, 5.41) is 6.47. The topological polar surface area (TPSA) is 65.0 Å². The van der Waals surface area contributed by atoms with Crippen LogP contribution in [0.4, 0.5) is 0 Å². The predicted molar refractivity (Wildman–Crippen MR) is 97.9 cm³/mol. The maximum atomic E-state index is 5.38. The smallest absolute Gasteiger partial charge is 0.202 e. The molecule has 0 saturated heterocycles. The molecule has 0 N–H and O–H groups in total. The minimum atomic E-state index is 0.654. The van der Waals surface area contributed by atoms with E-state index in [0.717, 1.165) is 27.8 Å². The minimum absolute atomic E-state index is 0.654. The quantitative estimate of drug-likeness (QED) is 0.371. The molecule has 0 fully saturated rings. The Bertz CT molecular complexity index is 1050. The summed E-state index contributed by atoms with van der Waals surface area (Å²) in [5.74, 6) is 2.88. The fraction of sp³-hybridized carbons (Fsp3) is 0.278. The number of rotatable bonds is 4. The highest BCUT2D eigenvalue weighted by Gasteiger charge is 2.22. The molecule has 0 radical (unpaired) electrons. The van der Waals surface area contributed by atoms with Crippen molar-refractivity contribution in [3.63, 3.8) is 0 Å². The summed E-state index contributed by atoms with van der Waals surface area (Å²) in [5.41, 5.74) is 2.34. The average Bonchev–Trinajstić information content (AvgIpc) is 3.34. The van der Waals surface area contributed by atoms with Crippen LogP contribution in [0.2, 0.25) is 0 Å². The summed E-state index contributed by atoms with van der Waals surface area (Å²) in [6.45, 7) is 1.96. The molecular weight excluding hydrogens is 354 g/mol. The molecule has 1 aliphatic carbocycles. The van der Waals surface area contributed by atoms with Crippen LogP contribution in [0.15, 0.2) is 38.4 Å². The third-order valence-corrected chi connectivity index (χ3v) is 6.52. The fourth-order valence-electron chi connectivity index (χ4n) is 3.23. The summed E-state index contributed by atoms with van der Waals surface area (Å²) >= 11 is 3.53. The Morgan fingerprint density at radius 1 is 1.24 bits per heavy atom. The highest BCUT2D eigenvalue weighted by atomic mass is 32.2. The second-order valence-corrected chi connectivity index (χ2v) is 8.11. The van der Waals surface area contributed by atoms with Crippen molar-refractivity contribution >= 4 is 33.3 Å². The van der Waals surface area contributed by atoms with Crippen molar-refractivity contribution in [3.05, 3.63) is 46.4 Å². The summed E-state index contributed by atoms with van der Waals surface area (Å²) < 4.78 is 10.7. The van der Waals surface area contributed by atoms with E-state index in [1.165, 1.54) is 28.7 Å². The maximum Gasteiger partial charge on any atom is 0.202 e. The molecule has 5 rings (SSSR count). The molecule has 0 atom stereocenters. The Balaban J connectivity index is 1.44. The first-order chi connectivity index (χ1) is 12.3. The van der Waals surface area contributed by atoms with E-state index < -0.39 is 0 Å². The van der Waals surface area contributed by atoms with E-state index in [1.54, 1.807) is 18.0 Å². The van der Waals surface area contributed by atoms with Crippen molar-refractivity contribution < 1.29 is 8.94 Å². The van der Waals surface area contributed by atoms with Crippen LogP contribution in [0.25, 0.3) is 21.7 Å². The standard InChI is InChI=1S/C18H15N3O2S2/c1-10-19-17(16-12-4-2-6-15(12)25-18(16)20-10)24-9-11-8-14(23-21-11)13-5-3-7-22-13/h3,5,7-8H,2,4,6,9H2,1H3. The highest BCUT2D eigenvalue weighted by Crippen LogP contribution is 2.41. The number of furan rings is 1. The molecule has 4 heterocycles. The van der Waals surface area contributed by atoms with Gasteiger partial charge in [0.15, 0.2) is 5.76 Å². The fourth-order valence-corrected chi connectivity index (χ4v) is 5.58. The minimum Gasteiger partial charge on any atom is -0.461 e. The maximum absolute atomic E-state index is 5.38. The molecule has 0 amide bonds. The van der Waals surface area contributed by atoms with Crippen LogP contribution in [0.5, 0.6) is 0 Å². The van der Waals surface area contributed by atoms with Gasteiger partial charge in [-0.05, 0) is 43.9 Å². The van der Waals surface area contributed by atoms with Crippen molar-refractivity contribution in [2.45, 2.75) is 37.0 Å². The Hall–Kier alpha value is -2.12. The lowest BCUT2D eigenvalue weighted by Gasteiger charge is -2.04. The van der Waals surface area contributed by atoms with E-state index in [2.05, 4.69) is 10.1 Å². The molecule has 4 aromatic rings. The van der Waals surface area contributed by atoms with Crippen molar-refractivity contribution in [2.75, 3.05) is 0 Å². The van der Waals surface area contributed by atoms with Gasteiger partial charge in [0.05, 0.1) is 12.0 Å². The van der Waals surface area contributed by atoms with Crippen molar-refractivity contribution in [1.29, 1.82) is 0 Å². The number of nitrogens with zero attached hydrogens (tertiary/aromatic N) is 3. The van der Waals surface area contributed by atoms with Gasteiger partial charge in [0.25, 0.3) is 0 Å². The average molecular weight is 369 g/mol. The molecule has 0 saturated carbocycles. The SMILES string of the molecule is Cc1nc(SCc2cc(-c3ccco3)on2)c2c3c(sc2n1)CCC3. The lowest BCUT2D eigenvalue weighted by molar-refractivity contribution is 0.413. The number of hydrogen-bond donors (Lipinski definition) is 0. The van der Waals surface area contributed by atoms with Crippen molar-refractivity contribution in [3.8, 4) is 11.5 Å². The summed E-state index contributed by atoms with van der Waals surface area (Å²) in [7, 11) is 0. The van der Waals surface area contributed by atoms with Gasteiger partial charge >= 0.3 is 0 Å². The molecule has 0 aliphatic heterocycles. The largest absolute Gasteiger partial charge is 0.461 e. The molecule has 1 aliphatic rings. The second kappa shape index (κ2) is 6.00.